The molecule has 4 heteroatoms. The first-order chi connectivity index (χ1) is 12.1. The molecule has 0 fully saturated rings. The molecule has 0 aliphatic heterocycles. The van der Waals surface area contributed by atoms with Gasteiger partial charge in [-0.15, -0.1) is 0 Å². The monoisotopic (exact) mass is 342 g/mol. The van der Waals surface area contributed by atoms with E-state index in [2.05, 4.69) is 10.3 Å². The number of nitrogens with zero attached hydrogens (tertiary/aromatic N) is 1. The summed E-state index contributed by atoms with van der Waals surface area (Å²) in [5.74, 6) is -0.317. The van der Waals surface area contributed by atoms with Crippen LogP contribution in [0.1, 0.15) is 51.9 Å². The normalized spacial score (nSPS) is 8.72. The average molecular weight is 342 g/mol. The van der Waals surface area contributed by atoms with Gasteiger partial charge >= 0.3 is 5.97 Å². The minimum absolute atomic E-state index is 0.304. The number of carbonyl (C=O) groups excluding carboxylic acids is 1. The molecule has 0 saturated heterocycles. The molecule has 0 radical (unpaired) electrons. The fraction of sp³-hybridized carbons (Fsp3) is 0.333. The van der Waals surface area contributed by atoms with Crippen LogP contribution in [-0.2, 0) is 4.74 Å². The molecule has 2 aromatic rings. The van der Waals surface area contributed by atoms with E-state index in [0.717, 1.165) is 16.9 Å². The van der Waals surface area contributed by atoms with E-state index in [1.165, 1.54) is 0 Å². The number of nitrogens with one attached hydrogen (secondary N) is 1. The third kappa shape index (κ3) is 9.30. The van der Waals surface area contributed by atoms with Gasteiger partial charge in [0.15, 0.2) is 0 Å². The minimum atomic E-state index is -0.317. The topological polar surface area (TPSA) is 51.2 Å². The van der Waals surface area contributed by atoms with Crippen molar-refractivity contribution in [2.24, 2.45) is 0 Å². The van der Waals surface area contributed by atoms with Crippen LogP contribution in [0.4, 0.5) is 11.4 Å². The lowest BCUT2D eigenvalue weighted by Crippen LogP contribution is -2.05. The molecule has 0 amide bonds. The zero-order valence-electron chi connectivity index (χ0n) is 16.2. The van der Waals surface area contributed by atoms with Crippen LogP contribution in [0.15, 0.2) is 60.4 Å². The molecular weight excluding hydrogens is 312 g/mol. The molecule has 1 N–H and O–H groups in total. The number of aromatic nitrogens is 1. The van der Waals surface area contributed by atoms with Crippen molar-refractivity contribution in [2.75, 3.05) is 11.9 Å². The largest absolute Gasteiger partial charge is 0.458 e. The highest BCUT2D eigenvalue weighted by Gasteiger charge is 2.06. The van der Waals surface area contributed by atoms with E-state index in [0.29, 0.717) is 12.2 Å². The molecular formula is C21H30N2O2. The summed E-state index contributed by atoms with van der Waals surface area (Å²) >= 11 is 0. The predicted molar refractivity (Wildman–Crippen MR) is 106 cm³/mol. The van der Waals surface area contributed by atoms with Crippen molar-refractivity contribution in [3.8, 4) is 0 Å². The highest BCUT2D eigenvalue weighted by atomic mass is 16.5. The average Bonchev–Trinajstić information content (AvgIpc) is 2.66. The van der Waals surface area contributed by atoms with E-state index in [1.54, 1.807) is 24.5 Å². The van der Waals surface area contributed by atoms with E-state index >= 15 is 0 Å². The number of allylic oxidation sites excluding steroid dienone is 1. The number of hydrogen-bond donors (Lipinski definition) is 1. The molecule has 0 aliphatic rings. The second-order valence-electron chi connectivity index (χ2n) is 4.82. The lowest BCUT2D eigenvalue weighted by Gasteiger charge is -2.07. The minimum Gasteiger partial charge on any atom is -0.458 e. The molecule has 2 rings (SSSR count). The number of esters is 1. The fourth-order valence-electron chi connectivity index (χ4n) is 1.66. The maximum Gasteiger partial charge on any atom is 0.338 e. The Hall–Kier alpha value is -2.62. The standard InChI is InChI=1S/C17H18N2O2.2C2H6/c1-13(2)9-12-21-17(20)14-3-5-15(6-4-14)19-16-7-10-18-11-8-16;2*1-2/h3-11H,12H2,1-2H3,(H,18,19);2*1-2H3. The smallest absolute Gasteiger partial charge is 0.338 e. The van der Waals surface area contributed by atoms with E-state index in [1.807, 2.05) is 71.9 Å². The molecule has 1 heterocycles. The summed E-state index contributed by atoms with van der Waals surface area (Å²) in [6.07, 6.45) is 5.31. The van der Waals surface area contributed by atoms with Crippen LogP contribution in [0.5, 0.6) is 0 Å². The van der Waals surface area contributed by atoms with Gasteiger partial charge < -0.3 is 10.1 Å². The number of carbonyl (C=O) groups is 1. The number of benzene rings is 1. The number of anilines is 2. The molecule has 25 heavy (non-hydrogen) atoms. The van der Waals surface area contributed by atoms with Crippen LogP contribution in [0, 0.1) is 0 Å². The van der Waals surface area contributed by atoms with E-state index in [4.69, 9.17) is 4.74 Å². The number of rotatable bonds is 5. The maximum absolute atomic E-state index is 11.8. The zero-order chi connectivity index (χ0) is 19.1. The molecule has 0 spiro atoms. The van der Waals surface area contributed by atoms with Crippen molar-refractivity contribution in [1.29, 1.82) is 0 Å². The number of hydrogen-bond acceptors (Lipinski definition) is 4. The van der Waals surface area contributed by atoms with Gasteiger partial charge in [-0.25, -0.2) is 4.79 Å². The number of pyridine rings is 1. The maximum atomic E-state index is 11.8. The van der Waals surface area contributed by atoms with Gasteiger partial charge in [0.2, 0.25) is 0 Å². The first kappa shape index (κ1) is 22.4. The Kier molecular flexibility index (Phi) is 12.3. The summed E-state index contributed by atoms with van der Waals surface area (Å²) in [4.78, 5) is 15.8. The van der Waals surface area contributed by atoms with Crippen molar-refractivity contribution < 1.29 is 9.53 Å². The second-order valence-corrected chi connectivity index (χ2v) is 4.82. The van der Waals surface area contributed by atoms with Crippen LogP contribution < -0.4 is 5.32 Å². The van der Waals surface area contributed by atoms with Crippen LogP contribution in [0.3, 0.4) is 0 Å². The summed E-state index contributed by atoms with van der Waals surface area (Å²) in [6.45, 7) is 12.2. The summed E-state index contributed by atoms with van der Waals surface area (Å²) in [6, 6.07) is 10.9. The SMILES string of the molecule is CC.CC.CC(C)=CCOC(=O)c1ccc(Nc2ccncc2)cc1. The van der Waals surface area contributed by atoms with Gasteiger partial charge in [-0.05, 0) is 56.3 Å². The fourth-order valence-corrected chi connectivity index (χ4v) is 1.66. The third-order valence-electron chi connectivity index (χ3n) is 2.80. The Balaban J connectivity index is 0.00000134. The van der Waals surface area contributed by atoms with Gasteiger partial charge in [0.25, 0.3) is 0 Å². The van der Waals surface area contributed by atoms with Crippen LogP contribution in [-0.4, -0.2) is 17.6 Å². The van der Waals surface area contributed by atoms with Crippen molar-refractivity contribution in [2.45, 2.75) is 41.5 Å². The van der Waals surface area contributed by atoms with Gasteiger partial charge in [0.05, 0.1) is 5.56 Å². The molecule has 0 saturated carbocycles. The first-order valence-corrected chi connectivity index (χ1v) is 8.73. The van der Waals surface area contributed by atoms with Crippen LogP contribution in [0.25, 0.3) is 0 Å². The Morgan fingerprint density at radius 1 is 0.960 bits per heavy atom. The van der Waals surface area contributed by atoms with Crippen LogP contribution in [0.2, 0.25) is 0 Å². The molecule has 4 nitrogen and oxygen atoms in total. The summed E-state index contributed by atoms with van der Waals surface area (Å²) < 4.78 is 5.15. The first-order valence-electron chi connectivity index (χ1n) is 8.73. The van der Waals surface area contributed by atoms with E-state index in [9.17, 15) is 4.79 Å². The predicted octanol–water partition coefficient (Wildman–Crippen LogP) is 6.00. The van der Waals surface area contributed by atoms with Crippen molar-refractivity contribution >= 4 is 17.3 Å². The molecule has 0 unspecified atom stereocenters. The van der Waals surface area contributed by atoms with Gasteiger partial charge in [-0.2, -0.15) is 0 Å². The lowest BCUT2D eigenvalue weighted by molar-refractivity contribution is 0.0549. The molecule has 1 aromatic heterocycles. The summed E-state index contributed by atoms with van der Waals surface area (Å²) in [7, 11) is 0. The van der Waals surface area contributed by atoms with E-state index < -0.39 is 0 Å². The van der Waals surface area contributed by atoms with Crippen molar-refractivity contribution in [3.63, 3.8) is 0 Å². The van der Waals surface area contributed by atoms with Crippen molar-refractivity contribution in [1.82, 2.24) is 4.98 Å². The van der Waals surface area contributed by atoms with Crippen LogP contribution >= 0.6 is 0 Å². The quantitative estimate of drug-likeness (QED) is 0.535. The highest BCUT2D eigenvalue weighted by molar-refractivity contribution is 5.90. The molecule has 1 aromatic carbocycles. The Labute approximate surface area is 152 Å². The zero-order valence-corrected chi connectivity index (χ0v) is 16.2. The third-order valence-corrected chi connectivity index (χ3v) is 2.80. The van der Waals surface area contributed by atoms with Gasteiger partial charge in [0.1, 0.15) is 6.61 Å². The van der Waals surface area contributed by atoms with Gasteiger partial charge in [0, 0.05) is 23.8 Å². The summed E-state index contributed by atoms with van der Waals surface area (Å²) in [5.41, 5.74) is 3.52. The Bertz CT molecular complexity index is 616. The molecule has 0 bridgehead atoms. The lowest BCUT2D eigenvalue weighted by atomic mass is 10.2. The van der Waals surface area contributed by atoms with Crippen molar-refractivity contribution in [3.05, 3.63) is 66.0 Å². The van der Waals surface area contributed by atoms with Gasteiger partial charge in [-0.3, -0.25) is 4.98 Å². The molecule has 0 aliphatic carbocycles. The Morgan fingerprint density at radius 2 is 1.48 bits per heavy atom. The second kappa shape index (κ2) is 13.8. The Morgan fingerprint density at radius 3 is 2.00 bits per heavy atom. The highest BCUT2D eigenvalue weighted by Crippen LogP contribution is 2.16. The molecule has 136 valence electrons. The molecule has 0 atom stereocenters. The summed E-state index contributed by atoms with van der Waals surface area (Å²) in [5, 5.41) is 3.23. The van der Waals surface area contributed by atoms with E-state index in [-0.39, 0.29) is 5.97 Å². The number of ether oxygens (including phenoxy) is 1. The van der Waals surface area contributed by atoms with Gasteiger partial charge in [-0.1, -0.05) is 33.3 Å².